The van der Waals surface area contributed by atoms with Crippen LogP contribution >= 0.6 is 11.6 Å². The van der Waals surface area contributed by atoms with Gasteiger partial charge in [0.2, 0.25) is 0 Å². The molecule has 0 saturated heterocycles. The van der Waals surface area contributed by atoms with Crippen molar-refractivity contribution in [3.63, 3.8) is 0 Å². The second-order valence-electron chi connectivity index (χ2n) is 4.36. The Hall–Kier alpha value is -2.31. The minimum atomic E-state index is -0.611. The molecule has 0 unspecified atom stereocenters. The number of amides is 1. The van der Waals surface area contributed by atoms with Crippen LogP contribution in [0.1, 0.15) is 5.69 Å². The number of benzene rings is 1. The zero-order valence-corrected chi connectivity index (χ0v) is 12.3. The molecule has 1 amide bonds. The minimum Gasteiger partial charge on any atom is -0.492 e. The second kappa shape index (κ2) is 7.63. The first-order valence-electron chi connectivity index (χ1n) is 6.45. The van der Waals surface area contributed by atoms with Crippen LogP contribution in [0.5, 0.6) is 5.75 Å². The summed E-state index contributed by atoms with van der Waals surface area (Å²) in [7, 11) is 0. The van der Waals surface area contributed by atoms with Crippen molar-refractivity contribution in [2.24, 2.45) is 0 Å². The molecule has 22 heavy (non-hydrogen) atoms. The molecule has 2 rings (SSSR count). The molecule has 1 heterocycles. The number of hydrogen-bond acceptors (Lipinski definition) is 3. The molecule has 0 radical (unpaired) electrons. The maximum absolute atomic E-state index is 13.3. The minimum absolute atomic E-state index is 0.0485. The third-order valence-electron chi connectivity index (χ3n) is 2.87. The predicted octanol–water partition coefficient (Wildman–Crippen LogP) is 2.88. The molecule has 1 aromatic carbocycles. The third kappa shape index (κ3) is 4.34. The number of nitrogens with zero attached hydrogens (tertiary/aromatic N) is 1. The number of nitrogens with one attached hydrogen (secondary N) is 1. The Morgan fingerprint density at radius 2 is 2.27 bits per heavy atom. The summed E-state index contributed by atoms with van der Waals surface area (Å²) in [6, 6.07) is 7.88. The standard InChI is InChI=1S/C15H14ClFN2O3/c16-13-5-4-12(10-14(13)17)22-9-8-19-7-1-2-11(19)3-6-15(20)18-21/h1-7,10,21H,8-9H2,(H,18,20). The lowest BCUT2D eigenvalue weighted by atomic mass is 10.3. The Labute approximate surface area is 131 Å². The van der Waals surface area contributed by atoms with E-state index in [4.69, 9.17) is 21.5 Å². The van der Waals surface area contributed by atoms with E-state index < -0.39 is 11.7 Å². The van der Waals surface area contributed by atoms with Gasteiger partial charge in [-0.15, -0.1) is 0 Å². The smallest absolute Gasteiger partial charge is 0.267 e. The lowest BCUT2D eigenvalue weighted by molar-refractivity contribution is -0.124. The quantitative estimate of drug-likeness (QED) is 0.488. The number of rotatable bonds is 6. The van der Waals surface area contributed by atoms with Crippen LogP contribution in [0, 0.1) is 5.82 Å². The van der Waals surface area contributed by atoms with E-state index in [-0.39, 0.29) is 5.02 Å². The molecule has 2 aromatic rings. The highest BCUT2D eigenvalue weighted by molar-refractivity contribution is 6.30. The zero-order chi connectivity index (χ0) is 15.9. The van der Waals surface area contributed by atoms with Crippen molar-refractivity contribution < 1.29 is 19.1 Å². The zero-order valence-electron chi connectivity index (χ0n) is 11.5. The van der Waals surface area contributed by atoms with E-state index in [1.165, 1.54) is 23.7 Å². The molecule has 0 fully saturated rings. The Bertz CT molecular complexity index is 685. The first kappa shape index (κ1) is 16.1. The fraction of sp³-hybridized carbons (Fsp3) is 0.133. The Kier molecular flexibility index (Phi) is 5.57. The van der Waals surface area contributed by atoms with E-state index in [2.05, 4.69) is 0 Å². The summed E-state index contributed by atoms with van der Waals surface area (Å²) in [4.78, 5) is 10.9. The van der Waals surface area contributed by atoms with Crippen LogP contribution in [0.4, 0.5) is 4.39 Å². The summed E-state index contributed by atoms with van der Waals surface area (Å²) in [6.45, 7) is 0.834. The van der Waals surface area contributed by atoms with Crippen LogP contribution in [-0.2, 0) is 11.3 Å². The van der Waals surface area contributed by atoms with Crippen molar-refractivity contribution >= 4 is 23.6 Å². The molecule has 0 aliphatic carbocycles. The molecule has 0 atom stereocenters. The maximum Gasteiger partial charge on any atom is 0.267 e. The third-order valence-corrected chi connectivity index (χ3v) is 3.18. The maximum atomic E-state index is 13.3. The lowest BCUT2D eigenvalue weighted by Gasteiger charge is -2.09. The summed E-state index contributed by atoms with van der Waals surface area (Å²) in [5, 5.41) is 8.47. The van der Waals surface area contributed by atoms with Crippen molar-refractivity contribution in [2.75, 3.05) is 6.61 Å². The first-order valence-corrected chi connectivity index (χ1v) is 6.83. The topological polar surface area (TPSA) is 63.5 Å². The number of halogens is 2. The Balaban J connectivity index is 1.92. The van der Waals surface area contributed by atoms with Crippen LogP contribution in [0.2, 0.25) is 5.02 Å². The van der Waals surface area contributed by atoms with Gasteiger partial charge in [-0.25, -0.2) is 9.87 Å². The average molecular weight is 325 g/mol. The summed E-state index contributed by atoms with van der Waals surface area (Å²) < 4.78 is 20.6. The van der Waals surface area contributed by atoms with E-state index in [9.17, 15) is 9.18 Å². The van der Waals surface area contributed by atoms with Gasteiger partial charge >= 0.3 is 0 Å². The second-order valence-corrected chi connectivity index (χ2v) is 4.77. The molecule has 0 aliphatic rings. The van der Waals surface area contributed by atoms with Gasteiger partial charge in [-0.1, -0.05) is 11.6 Å². The predicted molar refractivity (Wildman–Crippen MR) is 80.3 cm³/mol. The molecule has 0 saturated carbocycles. The van der Waals surface area contributed by atoms with Crippen LogP contribution in [0.15, 0.2) is 42.6 Å². The molecule has 0 spiro atoms. The molecule has 1 aromatic heterocycles. The van der Waals surface area contributed by atoms with Crippen LogP contribution in [0.25, 0.3) is 6.08 Å². The number of hydrogen-bond donors (Lipinski definition) is 2. The van der Waals surface area contributed by atoms with Crippen molar-refractivity contribution in [2.45, 2.75) is 6.54 Å². The first-order chi connectivity index (χ1) is 10.6. The number of carbonyl (C=O) groups excluding carboxylic acids is 1. The largest absolute Gasteiger partial charge is 0.492 e. The van der Waals surface area contributed by atoms with Gasteiger partial charge in [0.15, 0.2) is 0 Å². The van der Waals surface area contributed by atoms with Gasteiger partial charge in [-0.3, -0.25) is 10.0 Å². The summed E-state index contributed by atoms with van der Waals surface area (Å²) in [5.41, 5.74) is 2.29. The van der Waals surface area contributed by atoms with Gasteiger partial charge in [0.25, 0.3) is 5.91 Å². The van der Waals surface area contributed by atoms with Crippen LogP contribution in [-0.4, -0.2) is 22.3 Å². The van der Waals surface area contributed by atoms with Gasteiger partial charge in [0.1, 0.15) is 18.2 Å². The van der Waals surface area contributed by atoms with Crippen molar-refractivity contribution in [1.29, 1.82) is 0 Å². The molecular formula is C15H14ClFN2O3. The summed E-state index contributed by atoms with van der Waals surface area (Å²) in [5.74, 6) is -0.745. The average Bonchev–Trinajstić information content (AvgIpc) is 2.96. The molecule has 7 heteroatoms. The molecule has 116 valence electrons. The molecule has 0 bridgehead atoms. The summed E-state index contributed by atoms with van der Waals surface area (Å²) >= 11 is 5.60. The lowest BCUT2D eigenvalue weighted by Crippen LogP contribution is -2.15. The molecule has 5 nitrogen and oxygen atoms in total. The van der Waals surface area contributed by atoms with Crippen LogP contribution < -0.4 is 10.2 Å². The number of aromatic nitrogens is 1. The fourth-order valence-electron chi connectivity index (χ4n) is 1.81. The van der Waals surface area contributed by atoms with Gasteiger partial charge < -0.3 is 9.30 Å². The van der Waals surface area contributed by atoms with Gasteiger partial charge in [0.05, 0.1) is 11.6 Å². The van der Waals surface area contributed by atoms with E-state index in [1.807, 2.05) is 22.9 Å². The van der Waals surface area contributed by atoms with E-state index >= 15 is 0 Å². The van der Waals surface area contributed by atoms with Crippen molar-refractivity contribution in [3.05, 3.63) is 59.1 Å². The fourth-order valence-corrected chi connectivity index (χ4v) is 1.93. The van der Waals surface area contributed by atoms with Gasteiger partial charge in [-0.2, -0.15) is 0 Å². The van der Waals surface area contributed by atoms with E-state index in [0.29, 0.717) is 18.9 Å². The molecule has 0 aliphatic heterocycles. The summed E-state index contributed by atoms with van der Waals surface area (Å²) in [6.07, 6.45) is 4.59. The Morgan fingerprint density at radius 1 is 1.45 bits per heavy atom. The van der Waals surface area contributed by atoms with Crippen LogP contribution in [0.3, 0.4) is 0 Å². The number of hydroxylamine groups is 1. The highest BCUT2D eigenvalue weighted by Gasteiger charge is 2.03. The van der Waals surface area contributed by atoms with Gasteiger partial charge in [-0.05, 0) is 30.3 Å². The normalized spacial score (nSPS) is 10.9. The number of carbonyl (C=O) groups is 1. The Morgan fingerprint density at radius 3 is 3.00 bits per heavy atom. The molecular weight excluding hydrogens is 311 g/mol. The van der Waals surface area contributed by atoms with Crippen molar-refractivity contribution in [1.82, 2.24) is 10.0 Å². The van der Waals surface area contributed by atoms with E-state index in [0.717, 1.165) is 5.69 Å². The number of ether oxygens (including phenoxy) is 1. The van der Waals surface area contributed by atoms with E-state index in [1.54, 1.807) is 12.1 Å². The van der Waals surface area contributed by atoms with Gasteiger partial charge in [0, 0.05) is 24.0 Å². The molecule has 2 N–H and O–H groups in total. The highest BCUT2D eigenvalue weighted by Crippen LogP contribution is 2.20. The SMILES string of the molecule is O=C(C=Cc1cccn1CCOc1ccc(Cl)c(F)c1)NO. The highest BCUT2D eigenvalue weighted by atomic mass is 35.5. The van der Waals surface area contributed by atoms with Crippen molar-refractivity contribution in [3.8, 4) is 5.75 Å². The monoisotopic (exact) mass is 324 g/mol.